The van der Waals surface area contributed by atoms with Gasteiger partial charge in [0.2, 0.25) is 0 Å². The molecule has 6 nitrogen and oxygen atoms in total. The van der Waals surface area contributed by atoms with Gasteiger partial charge in [-0.05, 0) is 26.3 Å². The zero-order valence-corrected chi connectivity index (χ0v) is 13.0. The van der Waals surface area contributed by atoms with Crippen LogP contribution in [0.25, 0.3) is 0 Å². The number of nitrogens with one attached hydrogen (secondary N) is 1. The minimum atomic E-state index is -0.583. The van der Waals surface area contributed by atoms with Gasteiger partial charge in [0.25, 0.3) is 0 Å². The highest BCUT2D eigenvalue weighted by Gasteiger charge is 2.15. The van der Waals surface area contributed by atoms with Crippen LogP contribution >= 0.6 is 0 Å². The lowest BCUT2D eigenvalue weighted by molar-refractivity contribution is 0.0529. The second-order valence-electron chi connectivity index (χ2n) is 5.83. The largest absolute Gasteiger partial charge is 0.443 e. The van der Waals surface area contributed by atoms with Crippen molar-refractivity contribution in [3.05, 3.63) is 53.9 Å². The molecule has 1 N–H and O–H groups in total. The molecule has 116 valence electrons. The molecule has 0 aliphatic heterocycles. The Labute approximate surface area is 129 Å². The van der Waals surface area contributed by atoms with Gasteiger partial charge in [-0.1, -0.05) is 30.3 Å². The van der Waals surface area contributed by atoms with E-state index in [1.807, 2.05) is 41.2 Å². The fourth-order valence-electron chi connectivity index (χ4n) is 1.76. The van der Waals surface area contributed by atoms with E-state index in [1.54, 1.807) is 27.0 Å². The average molecular weight is 300 g/mol. The summed E-state index contributed by atoms with van der Waals surface area (Å²) < 4.78 is 6.88. The van der Waals surface area contributed by atoms with E-state index >= 15 is 0 Å². The van der Waals surface area contributed by atoms with Crippen LogP contribution in [-0.2, 0) is 11.3 Å². The number of aromatic nitrogens is 2. The van der Waals surface area contributed by atoms with Gasteiger partial charge in [0.05, 0.1) is 19.0 Å². The van der Waals surface area contributed by atoms with Crippen molar-refractivity contribution in [3.8, 4) is 0 Å². The summed E-state index contributed by atoms with van der Waals surface area (Å²) in [6.45, 7) is 6.08. The van der Waals surface area contributed by atoms with Gasteiger partial charge in [0, 0.05) is 11.8 Å². The Morgan fingerprint density at radius 1 is 1.36 bits per heavy atom. The van der Waals surface area contributed by atoms with Gasteiger partial charge in [-0.2, -0.15) is 10.2 Å². The van der Waals surface area contributed by atoms with Crippen molar-refractivity contribution >= 4 is 12.3 Å². The lowest BCUT2D eigenvalue weighted by atomic mass is 10.2. The van der Waals surface area contributed by atoms with Crippen molar-refractivity contribution < 1.29 is 9.53 Å². The van der Waals surface area contributed by atoms with Gasteiger partial charge in [0.15, 0.2) is 0 Å². The number of carbonyl (C=O) groups is 1. The molecule has 0 unspecified atom stereocenters. The van der Waals surface area contributed by atoms with Gasteiger partial charge in [-0.15, -0.1) is 0 Å². The molecule has 0 saturated heterocycles. The van der Waals surface area contributed by atoms with Crippen LogP contribution in [0.15, 0.2) is 47.8 Å². The molecule has 0 spiro atoms. The predicted molar refractivity (Wildman–Crippen MR) is 84.7 cm³/mol. The molecular weight excluding hydrogens is 280 g/mol. The minimum absolute atomic E-state index is 0.541. The molecule has 2 rings (SSSR count). The van der Waals surface area contributed by atoms with Gasteiger partial charge >= 0.3 is 6.09 Å². The summed E-state index contributed by atoms with van der Waals surface area (Å²) in [6.07, 6.45) is 4.48. The first-order chi connectivity index (χ1) is 10.4. The molecule has 0 atom stereocenters. The lowest BCUT2D eigenvalue weighted by Crippen LogP contribution is -2.29. The van der Waals surface area contributed by atoms with Crippen LogP contribution in [0.1, 0.15) is 31.9 Å². The van der Waals surface area contributed by atoms with E-state index in [0.29, 0.717) is 6.54 Å². The Hall–Kier alpha value is -2.63. The molecule has 0 aliphatic rings. The van der Waals surface area contributed by atoms with Gasteiger partial charge < -0.3 is 4.74 Å². The maximum absolute atomic E-state index is 11.4. The third kappa shape index (κ3) is 5.40. The molecule has 0 aliphatic carbocycles. The molecule has 1 amide bonds. The maximum Gasteiger partial charge on any atom is 0.428 e. The topological polar surface area (TPSA) is 68.5 Å². The number of amides is 1. The highest BCUT2D eigenvalue weighted by Crippen LogP contribution is 2.06. The number of nitrogens with zero attached hydrogens (tertiary/aromatic N) is 3. The van der Waals surface area contributed by atoms with Crippen molar-refractivity contribution in [2.24, 2.45) is 5.10 Å². The van der Waals surface area contributed by atoms with E-state index < -0.39 is 11.7 Å². The van der Waals surface area contributed by atoms with Gasteiger partial charge in [0.1, 0.15) is 5.60 Å². The van der Waals surface area contributed by atoms with Crippen LogP contribution in [0.3, 0.4) is 0 Å². The molecule has 1 aromatic heterocycles. The van der Waals surface area contributed by atoms with Crippen molar-refractivity contribution in [1.82, 2.24) is 15.2 Å². The fraction of sp³-hybridized carbons (Fsp3) is 0.312. The quantitative estimate of drug-likeness (QED) is 0.697. The van der Waals surface area contributed by atoms with Crippen molar-refractivity contribution in [3.63, 3.8) is 0 Å². The van der Waals surface area contributed by atoms with E-state index in [1.165, 1.54) is 11.8 Å². The SMILES string of the molecule is CC(C)(C)OC(=O)N/N=C\c1cnn(Cc2ccccc2)c1. The van der Waals surface area contributed by atoms with Gasteiger partial charge in [-0.3, -0.25) is 4.68 Å². The van der Waals surface area contributed by atoms with Crippen LogP contribution < -0.4 is 5.43 Å². The molecule has 1 heterocycles. The number of hydrazone groups is 1. The van der Waals surface area contributed by atoms with Gasteiger partial charge in [-0.25, -0.2) is 10.2 Å². The number of rotatable bonds is 4. The van der Waals surface area contributed by atoms with Crippen LogP contribution in [0.5, 0.6) is 0 Å². The smallest absolute Gasteiger partial charge is 0.428 e. The standard InChI is InChI=1S/C16H20N4O2/c1-16(2,3)22-15(21)19-17-9-14-10-18-20(12-14)11-13-7-5-4-6-8-13/h4-10,12H,11H2,1-3H3,(H,19,21)/b17-9-. The summed E-state index contributed by atoms with van der Waals surface area (Å²) in [5.74, 6) is 0. The second kappa shape index (κ2) is 6.89. The number of hydrogen-bond donors (Lipinski definition) is 1. The molecule has 0 saturated carbocycles. The average Bonchev–Trinajstić information content (AvgIpc) is 2.85. The summed E-state index contributed by atoms with van der Waals surface area (Å²) in [4.78, 5) is 11.4. The summed E-state index contributed by atoms with van der Waals surface area (Å²) in [5, 5.41) is 8.09. The normalized spacial score (nSPS) is 11.6. The molecule has 1 aromatic carbocycles. The number of carbonyl (C=O) groups excluding carboxylic acids is 1. The molecule has 0 fully saturated rings. The second-order valence-corrected chi connectivity index (χ2v) is 5.83. The van der Waals surface area contributed by atoms with E-state index in [0.717, 1.165) is 5.56 Å². The molecule has 0 radical (unpaired) electrons. The number of benzene rings is 1. The van der Waals surface area contributed by atoms with E-state index in [-0.39, 0.29) is 0 Å². The van der Waals surface area contributed by atoms with Crippen molar-refractivity contribution in [2.75, 3.05) is 0 Å². The first kappa shape index (κ1) is 15.8. The monoisotopic (exact) mass is 300 g/mol. The number of hydrogen-bond acceptors (Lipinski definition) is 4. The lowest BCUT2D eigenvalue weighted by Gasteiger charge is -2.18. The molecule has 2 aromatic rings. The number of ether oxygens (including phenoxy) is 1. The van der Waals surface area contributed by atoms with Crippen LogP contribution in [0.4, 0.5) is 4.79 Å². The van der Waals surface area contributed by atoms with E-state index in [4.69, 9.17) is 4.74 Å². The Morgan fingerprint density at radius 2 is 2.09 bits per heavy atom. The van der Waals surface area contributed by atoms with Crippen LogP contribution in [0, 0.1) is 0 Å². The maximum atomic E-state index is 11.4. The first-order valence-electron chi connectivity index (χ1n) is 7.01. The summed E-state index contributed by atoms with van der Waals surface area (Å²) in [5.41, 5.74) is 3.74. The van der Waals surface area contributed by atoms with Crippen LogP contribution in [-0.4, -0.2) is 27.7 Å². The molecular formula is C16H20N4O2. The minimum Gasteiger partial charge on any atom is -0.443 e. The fourth-order valence-corrected chi connectivity index (χ4v) is 1.76. The molecule has 6 heteroatoms. The van der Waals surface area contributed by atoms with E-state index in [9.17, 15) is 4.79 Å². The Balaban J connectivity index is 1.87. The third-order valence-corrected chi connectivity index (χ3v) is 2.61. The zero-order valence-electron chi connectivity index (χ0n) is 13.0. The molecule has 0 bridgehead atoms. The highest BCUT2D eigenvalue weighted by molar-refractivity contribution is 5.80. The van der Waals surface area contributed by atoms with Crippen LogP contribution in [0.2, 0.25) is 0 Å². The first-order valence-corrected chi connectivity index (χ1v) is 7.01. The summed E-state index contributed by atoms with van der Waals surface area (Å²) in [7, 11) is 0. The summed E-state index contributed by atoms with van der Waals surface area (Å²) in [6, 6.07) is 10.0. The van der Waals surface area contributed by atoms with Crippen molar-refractivity contribution in [1.29, 1.82) is 0 Å². The Morgan fingerprint density at radius 3 is 2.77 bits per heavy atom. The molecule has 22 heavy (non-hydrogen) atoms. The Kier molecular flexibility index (Phi) is 4.93. The highest BCUT2D eigenvalue weighted by atomic mass is 16.6. The van der Waals surface area contributed by atoms with E-state index in [2.05, 4.69) is 15.6 Å². The predicted octanol–water partition coefficient (Wildman–Crippen LogP) is 2.79. The summed E-state index contributed by atoms with van der Waals surface area (Å²) >= 11 is 0. The zero-order chi connectivity index (χ0) is 16.0. The Bertz CT molecular complexity index is 642. The third-order valence-electron chi connectivity index (χ3n) is 2.61. The van der Waals surface area contributed by atoms with Crippen molar-refractivity contribution in [2.45, 2.75) is 32.9 Å².